The second kappa shape index (κ2) is 12.7. The second-order valence-electron chi connectivity index (χ2n) is 12.8. The third-order valence-electron chi connectivity index (χ3n) is 8.29. The minimum absolute atomic E-state index is 0.0129. The van der Waals surface area contributed by atoms with Gasteiger partial charge in [-0.05, 0) is 69.9 Å². The molecule has 4 N–H and O–H groups in total. The van der Waals surface area contributed by atoms with E-state index in [4.69, 9.17) is 16.3 Å². The number of amides is 3. The first-order valence-corrected chi connectivity index (χ1v) is 15.5. The van der Waals surface area contributed by atoms with E-state index < -0.39 is 53.1 Å². The molecule has 3 amide bonds. The molecule has 242 valence electrons. The number of allylic oxidation sites excluding steroid dienone is 1. The molecule has 3 aliphatic rings. The number of hydrogen-bond acceptors (Lipinski definition) is 9. The number of phenolic OH excluding ortho intramolecular Hbond substituents is 1. The number of fused-ring (bicyclic) bond motifs is 2. The Morgan fingerprint density at radius 2 is 1.98 bits per heavy atom. The van der Waals surface area contributed by atoms with E-state index in [1.165, 1.54) is 21.8 Å². The summed E-state index contributed by atoms with van der Waals surface area (Å²) in [5.41, 5.74) is -1.74. The third-order valence-corrected chi connectivity index (χ3v) is 8.59. The van der Waals surface area contributed by atoms with Gasteiger partial charge < -0.3 is 30.5 Å². The summed E-state index contributed by atoms with van der Waals surface area (Å²) in [4.78, 5) is 55.7. The lowest BCUT2D eigenvalue weighted by Crippen LogP contribution is -2.56. The van der Waals surface area contributed by atoms with Gasteiger partial charge in [-0.25, -0.2) is 9.59 Å². The molecule has 5 atom stereocenters. The summed E-state index contributed by atoms with van der Waals surface area (Å²) in [6.45, 7) is 5.18. The minimum Gasteiger partial charge on any atom is -0.506 e. The number of aromatic hydroxyl groups is 1. The van der Waals surface area contributed by atoms with E-state index in [-0.39, 0.29) is 41.9 Å². The third kappa shape index (κ3) is 7.21. The molecule has 1 aliphatic carbocycles. The van der Waals surface area contributed by atoms with Crippen molar-refractivity contribution in [2.45, 2.75) is 95.0 Å². The van der Waals surface area contributed by atoms with Crippen LogP contribution in [0.15, 0.2) is 30.4 Å². The van der Waals surface area contributed by atoms with Crippen LogP contribution >= 0.6 is 11.6 Å². The van der Waals surface area contributed by atoms with Crippen molar-refractivity contribution in [3.63, 3.8) is 0 Å². The van der Waals surface area contributed by atoms with Gasteiger partial charge in [-0.3, -0.25) is 9.59 Å². The first-order chi connectivity index (χ1) is 21.3. The summed E-state index contributed by atoms with van der Waals surface area (Å²) in [5, 5.41) is 38.1. The molecule has 5 rings (SSSR count). The lowest BCUT2D eigenvalue weighted by Gasteiger charge is -2.30. The van der Waals surface area contributed by atoms with Crippen molar-refractivity contribution in [2.24, 2.45) is 5.92 Å². The number of aromatic nitrogens is 4. The standard InChI is InChI=1S/C30H38ClN7O7/c1-29(2,3)45-28(44)32-21-10-8-6-4-5-7-9-18-15-30(18,27(42)43)33-25(40)22-14-19(16-37(22)26(21)41)38-35-24(34-36-38)17-11-12-23(39)20(31)13-17/h7,9,11-13,18-19,21-22,39H,4-6,8,10,14-16H2,1-3H3,(H,32,44)(H,33,40)(H,42,43)/b9-7-/t18-,19-,21+,22+,30-/m1/s1. The molecule has 14 nitrogen and oxygen atoms in total. The summed E-state index contributed by atoms with van der Waals surface area (Å²) in [6.07, 6.45) is 6.68. The molecule has 0 spiro atoms. The van der Waals surface area contributed by atoms with Gasteiger partial charge in [0.25, 0.3) is 0 Å². The zero-order chi connectivity index (χ0) is 32.5. The monoisotopic (exact) mass is 643 g/mol. The van der Waals surface area contributed by atoms with Gasteiger partial charge in [0.2, 0.25) is 17.6 Å². The maximum atomic E-state index is 14.1. The first-order valence-electron chi connectivity index (χ1n) is 15.1. The number of rotatable bonds is 4. The number of ether oxygens (including phenoxy) is 1. The molecule has 0 radical (unpaired) electrons. The highest BCUT2D eigenvalue weighted by Crippen LogP contribution is 2.45. The summed E-state index contributed by atoms with van der Waals surface area (Å²) < 4.78 is 5.43. The van der Waals surface area contributed by atoms with Crippen molar-refractivity contribution in [3.8, 4) is 17.1 Å². The Labute approximate surface area is 265 Å². The fourth-order valence-corrected chi connectivity index (χ4v) is 6.02. The highest BCUT2D eigenvalue weighted by atomic mass is 35.5. The Hall–Kier alpha value is -4.20. The molecule has 1 aromatic heterocycles. The molecule has 2 aromatic rings. The van der Waals surface area contributed by atoms with Crippen LogP contribution in [0.5, 0.6) is 5.75 Å². The van der Waals surface area contributed by atoms with Crippen molar-refractivity contribution in [2.75, 3.05) is 6.54 Å². The molecule has 3 heterocycles. The maximum Gasteiger partial charge on any atom is 0.408 e. The molecule has 15 heteroatoms. The number of benzene rings is 1. The zero-order valence-corrected chi connectivity index (χ0v) is 26.2. The number of carboxylic acids is 1. The number of phenols is 1. The number of carbonyl (C=O) groups excluding carboxylic acids is 3. The minimum atomic E-state index is -1.45. The van der Waals surface area contributed by atoms with Gasteiger partial charge in [-0.15, -0.1) is 10.2 Å². The van der Waals surface area contributed by atoms with Crippen molar-refractivity contribution in [3.05, 3.63) is 35.4 Å². The number of hydrogen-bond donors (Lipinski definition) is 4. The number of tetrazole rings is 1. The Morgan fingerprint density at radius 3 is 2.69 bits per heavy atom. The molecule has 2 fully saturated rings. The molecule has 1 aromatic carbocycles. The topological polar surface area (TPSA) is 189 Å². The number of aliphatic carboxylic acids is 1. The predicted molar refractivity (Wildman–Crippen MR) is 161 cm³/mol. The van der Waals surface area contributed by atoms with E-state index in [1.807, 2.05) is 12.2 Å². The largest absolute Gasteiger partial charge is 0.506 e. The smallest absolute Gasteiger partial charge is 0.408 e. The van der Waals surface area contributed by atoms with Crippen molar-refractivity contribution < 1.29 is 34.1 Å². The highest BCUT2D eigenvalue weighted by molar-refractivity contribution is 6.32. The van der Waals surface area contributed by atoms with E-state index in [2.05, 4.69) is 26.0 Å². The number of carbonyl (C=O) groups is 4. The van der Waals surface area contributed by atoms with Crippen LogP contribution < -0.4 is 10.6 Å². The normalized spacial score (nSPS) is 28.1. The fourth-order valence-electron chi connectivity index (χ4n) is 5.84. The van der Waals surface area contributed by atoms with Crippen LogP contribution in [0.1, 0.15) is 71.8 Å². The summed E-state index contributed by atoms with van der Waals surface area (Å²) in [6, 6.07) is 1.85. The molecule has 45 heavy (non-hydrogen) atoms. The van der Waals surface area contributed by atoms with Crippen LogP contribution in [-0.4, -0.2) is 89.0 Å². The number of nitrogens with one attached hydrogen (secondary N) is 2. The van der Waals surface area contributed by atoms with E-state index in [0.717, 1.165) is 19.3 Å². The lowest BCUT2D eigenvalue weighted by atomic mass is 10.0. The highest BCUT2D eigenvalue weighted by Gasteiger charge is 2.61. The Morgan fingerprint density at radius 1 is 1.20 bits per heavy atom. The molecule has 0 bridgehead atoms. The first kappa shape index (κ1) is 32.2. The Bertz CT molecular complexity index is 1510. The van der Waals surface area contributed by atoms with E-state index in [1.54, 1.807) is 26.8 Å². The van der Waals surface area contributed by atoms with Gasteiger partial charge >= 0.3 is 12.1 Å². The predicted octanol–water partition coefficient (Wildman–Crippen LogP) is 3.21. The number of halogens is 1. The van der Waals surface area contributed by atoms with E-state index in [9.17, 15) is 29.4 Å². The van der Waals surface area contributed by atoms with Crippen LogP contribution in [0.3, 0.4) is 0 Å². The molecule has 1 saturated heterocycles. The number of carboxylic acid groups (broad SMARTS) is 1. The van der Waals surface area contributed by atoms with Gasteiger partial charge in [0.1, 0.15) is 29.0 Å². The second-order valence-corrected chi connectivity index (χ2v) is 13.2. The van der Waals surface area contributed by atoms with Crippen LogP contribution in [0.2, 0.25) is 5.02 Å². The van der Waals surface area contributed by atoms with Crippen LogP contribution in [0, 0.1) is 5.92 Å². The molecular weight excluding hydrogens is 606 g/mol. The van der Waals surface area contributed by atoms with E-state index >= 15 is 0 Å². The average molecular weight is 644 g/mol. The SMILES string of the molecule is CC(C)(C)OC(=O)N[C@H]1CCCCC/C=C\[C@@H]2C[C@@]2(C(=O)O)NC(=O)[C@@H]2C[C@@H](n3nnc(-c4ccc(O)c(Cl)c4)n3)CN2C1=O. The van der Waals surface area contributed by atoms with Crippen LogP contribution in [-0.2, 0) is 19.1 Å². The Balaban J connectivity index is 1.45. The summed E-state index contributed by atoms with van der Waals surface area (Å²) in [7, 11) is 0. The van der Waals surface area contributed by atoms with Gasteiger partial charge in [-0.1, -0.05) is 36.6 Å². The summed E-state index contributed by atoms with van der Waals surface area (Å²) >= 11 is 6.05. The van der Waals surface area contributed by atoms with Crippen molar-refractivity contribution >= 4 is 35.5 Å². The number of alkyl carbamates (subject to hydrolysis) is 1. The average Bonchev–Trinajstić information content (AvgIpc) is 3.28. The molecule has 2 aliphatic heterocycles. The van der Waals surface area contributed by atoms with Gasteiger partial charge in [0.15, 0.2) is 0 Å². The van der Waals surface area contributed by atoms with Crippen LogP contribution in [0.25, 0.3) is 11.4 Å². The van der Waals surface area contributed by atoms with Gasteiger partial charge in [0.05, 0.1) is 11.1 Å². The molecule has 1 saturated carbocycles. The van der Waals surface area contributed by atoms with Crippen LogP contribution in [0.4, 0.5) is 4.79 Å². The zero-order valence-electron chi connectivity index (χ0n) is 25.4. The summed E-state index contributed by atoms with van der Waals surface area (Å²) in [5.74, 6) is -2.47. The van der Waals surface area contributed by atoms with Crippen molar-refractivity contribution in [1.82, 2.24) is 35.7 Å². The number of nitrogens with zero attached hydrogens (tertiary/aromatic N) is 5. The van der Waals surface area contributed by atoms with E-state index in [0.29, 0.717) is 18.4 Å². The molecule has 0 unspecified atom stereocenters. The fraction of sp³-hybridized carbons (Fsp3) is 0.567. The van der Waals surface area contributed by atoms with Crippen molar-refractivity contribution in [1.29, 1.82) is 0 Å². The lowest BCUT2D eigenvalue weighted by molar-refractivity contribution is -0.145. The Kier molecular flexibility index (Phi) is 9.06. The van der Waals surface area contributed by atoms with Gasteiger partial charge in [0, 0.05) is 24.4 Å². The quantitative estimate of drug-likeness (QED) is 0.360. The van der Waals surface area contributed by atoms with Gasteiger partial charge in [-0.2, -0.15) is 4.80 Å². The molecular formula is C30H38ClN7O7. The maximum absolute atomic E-state index is 14.1.